The topological polar surface area (TPSA) is 264 Å². The Bertz CT molecular complexity index is 5000. The molecule has 0 amide bonds. The van der Waals surface area contributed by atoms with Gasteiger partial charge < -0.3 is 40.9 Å². The first-order valence-electron chi connectivity index (χ1n) is 46.4. The van der Waals surface area contributed by atoms with Gasteiger partial charge in [0.05, 0.1) is 23.2 Å². The Kier molecular flexibility index (Phi) is 41.7. The van der Waals surface area contributed by atoms with Crippen LogP contribution in [0.4, 0.5) is 0 Å². The SMILES string of the molecule is CC#N.CC#N.CC(C)(C)c1cc(CN(Cc2cc(C(C)(C)C)cc(C(C)(C)C)c2[O-])Cc2cc(C(C)(C)C)cc(C(C)(C)C)c2[O-])c([O-])c(C(C)(C)C)c1.CC(C)(C)c1cc(CN(Cc2cc(C(C)(C)C)cc(C(C)(C)C)c2[O-])Cc2cc(C(C)(C)C)cc(C(C)(C)C)c2[O-])c([O-])c(C(C)(C)C)c1.[O-]c1cccc2cccnc12.[O-]c1cccc2cccnc12.[Ti+4].[Ti+4].c1ccccc1. The summed E-state index contributed by atoms with van der Waals surface area (Å²) >= 11 is 0. The zero-order valence-electron chi connectivity index (χ0n) is 88.5. The minimum atomic E-state index is -0.340. The van der Waals surface area contributed by atoms with Crippen molar-refractivity contribution in [3.05, 3.63) is 282 Å². The number of fused-ring (bicyclic) bond motifs is 2. The molecule has 0 bridgehead atoms. The fraction of sp³-hybridized carbons (Fsp3) is 0.475. The number of hydrogen-bond acceptors (Lipinski definition) is 14. The Morgan fingerprint density at radius 1 is 0.231 bits per heavy atom. The summed E-state index contributed by atoms with van der Waals surface area (Å²) in [5.74, 6) is 0.188. The maximum atomic E-state index is 14.3. The van der Waals surface area contributed by atoms with Crippen LogP contribution in [-0.4, -0.2) is 19.8 Å². The fourth-order valence-corrected chi connectivity index (χ4v) is 15.1. The van der Waals surface area contributed by atoms with E-state index < -0.39 is 0 Å². The van der Waals surface area contributed by atoms with Crippen molar-refractivity contribution >= 4 is 21.8 Å². The summed E-state index contributed by atoms with van der Waals surface area (Å²) in [5, 5.41) is 124. The predicted molar refractivity (Wildman–Crippen MR) is 537 cm³/mol. The molecular weight excluding hydrogens is 1730 g/mol. The van der Waals surface area contributed by atoms with Gasteiger partial charge in [-0.05, 0) is 188 Å². The van der Waals surface area contributed by atoms with Crippen molar-refractivity contribution in [1.82, 2.24) is 19.8 Å². The van der Waals surface area contributed by atoms with Gasteiger partial charge in [0, 0.05) is 65.5 Å². The Morgan fingerprint density at radius 3 is 0.515 bits per heavy atom. The maximum absolute atomic E-state index is 14.3. The van der Waals surface area contributed by atoms with E-state index in [1.807, 2.05) is 72.8 Å². The maximum Gasteiger partial charge on any atom is 4.00 e. The van der Waals surface area contributed by atoms with Crippen molar-refractivity contribution in [1.29, 1.82) is 10.5 Å². The smallest absolute Gasteiger partial charge is 0.872 e. The van der Waals surface area contributed by atoms with Gasteiger partial charge in [0.1, 0.15) is 0 Å². The fourth-order valence-electron chi connectivity index (χ4n) is 15.1. The normalized spacial score (nSPS) is 12.2. The zero-order valence-corrected chi connectivity index (χ0v) is 91.6. The van der Waals surface area contributed by atoms with Gasteiger partial charge in [-0.2, -0.15) is 10.5 Å². The zero-order chi connectivity index (χ0) is 101. The van der Waals surface area contributed by atoms with Crippen LogP contribution in [0.2, 0.25) is 0 Å². The van der Waals surface area contributed by atoms with Crippen molar-refractivity contribution in [3.63, 3.8) is 0 Å². The summed E-state index contributed by atoms with van der Waals surface area (Å²) in [5.41, 5.74) is 13.6. The van der Waals surface area contributed by atoms with Crippen LogP contribution in [0.5, 0.6) is 46.0 Å². The number of nitriles is 2. The Balaban J connectivity index is 0.000000501. The summed E-state index contributed by atoms with van der Waals surface area (Å²) in [6, 6.07) is 58.0. The first-order chi connectivity index (χ1) is 60.2. The molecule has 9 aromatic carbocycles. The number of hydrogen-bond donors (Lipinski definition) is 0. The van der Waals surface area contributed by atoms with Crippen LogP contribution < -0.4 is 40.9 Å². The molecule has 0 unspecified atom stereocenters. The minimum Gasteiger partial charge on any atom is -0.872 e. The van der Waals surface area contributed by atoms with Crippen LogP contribution in [0.15, 0.2) is 182 Å². The van der Waals surface area contributed by atoms with Crippen LogP contribution in [0.3, 0.4) is 0 Å². The van der Waals surface area contributed by atoms with Gasteiger partial charge in [0.2, 0.25) is 0 Å². The molecule has 0 fully saturated rings. The Labute approximate surface area is 838 Å². The second-order valence-corrected chi connectivity index (χ2v) is 47.6. The molecule has 14 nitrogen and oxygen atoms in total. The molecule has 2 heterocycles. The van der Waals surface area contributed by atoms with E-state index in [9.17, 15) is 40.9 Å². The van der Waals surface area contributed by atoms with E-state index in [0.29, 0.717) is 83.7 Å². The second-order valence-electron chi connectivity index (χ2n) is 47.6. The van der Waals surface area contributed by atoms with Gasteiger partial charge in [-0.15, -0.1) is 34.5 Å². The monoisotopic (exact) mass is 1880 g/mol. The minimum absolute atomic E-state index is 0. The number of benzene rings is 9. The molecular formula is C118H156N6O8Ti2. The van der Waals surface area contributed by atoms with Gasteiger partial charge in [-0.25, -0.2) is 0 Å². The van der Waals surface area contributed by atoms with Gasteiger partial charge in [0.25, 0.3) is 0 Å². The third-order valence-corrected chi connectivity index (χ3v) is 23.3. The number of rotatable bonds is 12. The van der Waals surface area contributed by atoms with E-state index in [0.717, 1.165) is 77.5 Å². The van der Waals surface area contributed by atoms with E-state index >= 15 is 0 Å². The van der Waals surface area contributed by atoms with Crippen molar-refractivity contribution in [2.75, 3.05) is 0 Å². The van der Waals surface area contributed by atoms with Crippen LogP contribution in [0, 0.1) is 22.7 Å². The van der Waals surface area contributed by atoms with E-state index in [2.05, 4.69) is 342 Å². The molecule has 0 N–H and O–H groups in total. The molecule has 0 aliphatic carbocycles. The molecule has 0 saturated heterocycles. The van der Waals surface area contributed by atoms with E-state index in [1.54, 1.807) is 36.7 Å². The molecule has 0 atom stereocenters. The average molecular weight is 1880 g/mol. The number of nitrogens with zero attached hydrogens (tertiary/aromatic N) is 6. The largest absolute Gasteiger partial charge is 4.00 e. The number of para-hydroxylation sites is 2. The molecule has 0 spiro atoms. The molecule has 11 rings (SSSR count). The molecule has 16 heteroatoms. The third kappa shape index (κ3) is 34.1. The first-order valence-corrected chi connectivity index (χ1v) is 46.4. The summed E-state index contributed by atoms with van der Waals surface area (Å²) in [6.45, 7) is 81.4. The van der Waals surface area contributed by atoms with Crippen LogP contribution >= 0.6 is 0 Å². The average Bonchev–Trinajstić information content (AvgIpc) is 0.639. The summed E-state index contributed by atoms with van der Waals surface area (Å²) in [6.07, 6.45) is 3.26. The Hall–Kier alpha value is -9.47. The quantitative estimate of drug-likeness (QED) is 0.103. The standard InChI is InChI=1S/2C45H69NO3.2C9H7NO.C6H6.2C2H3N.2Ti/c2*1-40(2,3)31-19-28(37(47)34(22-31)43(10,11)12)25-46(26-29-20-32(41(4,5)6)23-35(38(29)48)44(13,14)15)27-30-21-33(42(7,8)9)24-36(39(30)49)45(16,17)18;2*11-8-5-1-3-7-4-2-6-10-9(7)8;1-2-4-6-5-3-1;2*1-2-3;;/h2*19-24,47-49H,25-27H2,1-18H3;2*1-6,11H;1-6H;2*1H3;;/q;;;;;;;2*+4/p-8. The van der Waals surface area contributed by atoms with Crippen molar-refractivity contribution in [2.45, 2.75) is 367 Å². The van der Waals surface area contributed by atoms with E-state index in [-0.39, 0.29) is 154 Å². The Morgan fingerprint density at radius 2 is 0.381 bits per heavy atom. The van der Waals surface area contributed by atoms with Crippen LogP contribution in [0.1, 0.15) is 363 Å². The summed E-state index contributed by atoms with van der Waals surface area (Å²) in [4.78, 5) is 12.2. The molecule has 0 aliphatic rings. The van der Waals surface area contributed by atoms with Crippen molar-refractivity contribution in [3.8, 4) is 58.1 Å². The first kappa shape index (κ1) is 119. The van der Waals surface area contributed by atoms with E-state index in [1.165, 1.54) is 26.0 Å². The van der Waals surface area contributed by atoms with Gasteiger partial charge in [-0.1, -0.05) is 418 Å². The van der Waals surface area contributed by atoms with Crippen molar-refractivity contribution < 1.29 is 84.3 Å². The van der Waals surface area contributed by atoms with Crippen molar-refractivity contribution in [2.24, 2.45) is 0 Å². The summed E-state index contributed by atoms with van der Waals surface area (Å²) in [7, 11) is 0. The molecule has 0 aliphatic heterocycles. The second kappa shape index (κ2) is 47.1. The number of aromatic nitrogens is 2. The van der Waals surface area contributed by atoms with Gasteiger partial charge in [0.15, 0.2) is 0 Å². The van der Waals surface area contributed by atoms with E-state index in [4.69, 9.17) is 10.5 Å². The van der Waals surface area contributed by atoms with Gasteiger partial charge in [-0.3, -0.25) is 19.8 Å². The van der Waals surface area contributed by atoms with Crippen LogP contribution in [0.25, 0.3) is 21.8 Å². The molecule has 2 aromatic heterocycles. The molecule has 134 heavy (non-hydrogen) atoms. The summed E-state index contributed by atoms with van der Waals surface area (Å²) < 4.78 is 0. The molecule has 714 valence electrons. The number of pyridine rings is 2. The predicted octanol–water partition coefficient (Wildman–Crippen LogP) is 25.1. The molecule has 11 aromatic rings. The molecule has 0 radical (unpaired) electrons. The van der Waals surface area contributed by atoms with Crippen LogP contribution in [-0.2, 0) is 148 Å². The molecule has 0 saturated carbocycles. The van der Waals surface area contributed by atoms with Gasteiger partial charge >= 0.3 is 43.4 Å². The third-order valence-electron chi connectivity index (χ3n) is 23.3.